The average Bonchev–Trinajstić information content (AvgIpc) is 3.35. The molecule has 1 fully saturated rings. The number of fused-ring (bicyclic) bond motifs is 1. The smallest absolute Gasteiger partial charge is 0.293 e. The number of carbonyl (C=O) groups excluding carboxylic acids is 1. The Labute approximate surface area is 151 Å². The van der Waals surface area contributed by atoms with Gasteiger partial charge in [-0.1, -0.05) is 6.92 Å². The van der Waals surface area contributed by atoms with Crippen LogP contribution in [0.4, 0.5) is 5.95 Å². The molecular weight excluding hydrogens is 332 g/mol. The number of nitrogens with zero attached hydrogens (tertiary/aromatic N) is 5. The van der Waals surface area contributed by atoms with E-state index in [-0.39, 0.29) is 5.91 Å². The number of amides is 1. The van der Waals surface area contributed by atoms with E-state index in [2.05, 4.69) is 25.4 Å². The van der Waals surface area contributed by atoms with Crippen LogP contribution in [0.2, 0.25) is 0 Å². The first-order chi connectivity index (χ1) is 12.6. The van der Waals surface area contributed by atoms with Crippen molar-refractivity contribution >= 4 is 17.6 Å². The second-order valence-electron chi connectivity index (χ2n) is 6.61. The molecule has 1 amide bonds. The molecule has 4 heterocycles. The van der Waals surface area contributed by atoms with Crippen molar-refractivity contribution in [3.8, 4) is 0 Å². The largest absolute Gasteiger partial charge is 0.456 e. The van der Waals surface area contributed by atoms with Crippen molar-refractivity contribution in [3.05, 3.63) is 41.1 Å². The van der Waals surface area contributed by atoms with Crippen LogP contribution in [0.15, 0.2) is 22.7 Å². The fraction of sp³-hybridized carbons (Fsp3) is 0.444. The molecule has 0 unspecified atom stereocenters. The maximum absolute atomic E-state index is 12.6. The topological polar surface area (TPSA) is 88.6 Å². The number of anilines is 1. The van der Waals surface area contributed by atoms with Crippen LogP contribution >= 0.6 is 0 Å². The first-order valence-corrected chi connectivity index (χ1v) is 8.97. The highest BCUT2D eigenvalue weighted by molar-refractivity contribution is 6.01. The quantitative estimate of drug-likeness (QED) is 0.757. The highest BCUT2D eigenvalue weighted by Crippen LogP contribution is 2.21. The minimum absolute atomic E-state index is 0.299. The first-order valence-electron chi connectivity index (χ1n) is 8.97. The lowest BCUT2D eigenvalue weighted by Crippen LogP contribution is -2.18. The Morgan fingerprint density at radius 1 is 1.31 bits per heavy atom. The zero-order chi connectivity index (χ0) is 18.1. The normalized spacial score (nSPS) is 15.0. The Morgan fingerprint density at radius 2 is 2.12 bits per heavy atom. The maximum atomic E-state index is 12.6. The van der Waals surface area contributed by atoms with E-state index in [4.69, 9.17) is 4.42 Å². The number of hydrogen-bond donors (Lipinski definition) is 1. The third kappa shape index (κ3) is 3.20. The minimum Gasteiger partial charge on any atom is -0.456 e. The van der Waals surface area contributed by atoms with E-state index in [9.17, 15) is 4.79 Å². The van der Waals surface area contributed by atoms with Crippen molar-refractivity contribution in [2.75, 3.05) is 18.4 Å². The van der Waals surface area contributed by atoms with Gasteiger partial charge in [0, 0.05) is 30.4 Å². The molecule has 26 heavy (non-hydrogen) atoms. The number of nitrogens with one attached hydrogen (secondary N) is 1. The standard InChI is InChI=1S/C18H22N6O2/c1-3-14-13(11-23-7-4-5-8-23)10-15(26-14)16(25)20-18-22-21-17-19-12(2)6-9-24(17)18/h6,9-10H,3-5,7-8,11H2,1-2H3,(H,20,22,25). The van der Waals surface area contributed by atoms with Gasteiger partial charge in [-0.05, 0) is 45.0 Å². The molecule has 1 aliphatic heterocycles. The molecule has 4 rings (SSSR count). The van der Waals surface area contributed by atoms with E-state index in [0.717, 1.165) is 43.1 Å². The Bertz CT molecular complexity index is 938. The summed E-state index contributed by atoms with van der Waals surface area (Å²) < 4.78 is 7.44. The Hall–Kier alpha value is -2.74. The van der Waals surface area contributed by atoms with Crippen LogP contribution in [0.25, 0.3) is 5.78 Å². The van der Waals surface area contributed by atoms with Gasteiger partial charge in [-0.2, -0.15) is 0 Å². The molecule has 8 heteroatoms. The Balaban J connectivity index is 1.54. The van der Waals surface area contributed by atoms with Gasteiger partial charge in [-0.3, -0.25) is 19.4 Å². The first kappa shape index (κ1) is 16.7. The van der Waals surface area contributed by atoms with Crippen LogP contribution in [0.5, 0.6) is 0 Å². The number of likely N-dealkylation sites (tertiary alicyclic amines) is 1. The monoisotopic (exact) mass is 354 g/mol. The zero-order valence-electron chi connectivity index (χ0n) is 15.0. The van der Waals surface area contributed by atoms with Crippen LogP contribution in [-0.2, 0) is 13.0 Å². The van der Waals surface area contributed by atoms with Gasteiger partial charge in [-0.15, -0.1) is 10.2 Å². The lowest BCUT2D eigenvalue weighted by atomic mass is 10.2. The van der Waals surface area contributed by atoms with Gasteiger partial charge >= 0.3 is 0 Å². The van der Waals surface area contributed by atoms with Gasteiger partial charge in [0.2, 0.25) is 5.95 Å². The number of rotatable bonds is 5. The highest BCUT2D eigenvalue weighted by Gasteiger charge is 2.21. The van der Waals surface area contributed by atoms with Gasteiger partial charge in [0.05, 0.1) is 0 Å². The molecule has 0 saturated carbocycles. The molecule has 1 aliphatic rings. The molecule has 3 aromatic heterocycles. The van der Waals surface area contributed by atoms with Gasteiger partial charge in [-0.25, -0.2) is 4.98 Å². The molecule has 0 atom stereocenters. The van der Waals surface area contributed by atoms with Crippen molar-refractivity contribution < 1.29 is 9.21 Å². The van der Waals surface area contributed by atoms with Gasteiger partial charge in [0.1, 0.15) is 5.76 Å². The molecule has 3 aromatic rings. The summed E-state index contributed by atoms with van der Waals surface area (Å²) in [4.78, 5) is 19.3. The van der Waals surface area contributed by atoms with E-state index in [1.165, 1.54) is 12.8 Å². The summed E-state index contributed by atoms with van der Waals surface area (Å²) in [5, 5.41) is 10.7. The summed E-state index contributed by atoms with van der Waals surface area (Å²) in [6, 6.07) is 3.68. The molecule has 1 N–H and O–H groups in total. The van der Waals surface area contributed by atoms with Gasteiger partial charge < -0.3 is 4.42 Å². The molecule has 0 bridgehead atoms. The van der Waals surface area contributed by atoms with Crippen LogP contribution in [-0.4, -0.2) is 43.5 Å². The number of carbonyl (C=O) groups is 1. The second-order valence-corrected chi connectivity index (χ2v) is 6.61. The summed E-state index contributed by atoms with van der Waals surface area (Å²) >= 11 is 0. The van der Waals surface area contributed by atoms with Gasteiger partial charge in [0.25, 0.3) is 11.7 Å². The minimum atomic E-state index is -0.331. The van der Waals surface area contributed by atoms with E-state index < -0.39 is 0 Å². The third-order valence-electron chi connectivity index (χ3n) is 4.68. The lowest BCUT2D eigenvalue weighted by Gasteiger charge is -2.13. The summed E-state index contributed by atoms with van der Waals surface area (Å²) in [5.74, 6) is 1.61. The fourth-order valence-electron chi connectivity index (χ4n) is 3.32. The number of hydrogen-bond acceptors (Lipinski definition) is 6. The number of aromatic nitrogens is 4. The van der Waals surface area contributed by atoms with Gasteiger partial charge in [0.15, 0.2) is 5.76 Å². The molecule has 0 spiro atoms. The van der Waals surface area contributed by atoms with Crippen LogP contribution in [0.1, 0.15) is 47.3 Å². The predicted molar refractivity (Wildman–Crippen MR) is 96.1 cm³/mol. The van der Waals surface area contributed by atoms with E-state index >= 15 is 0 Å². The van der Waals surface area contributed by atoms with E-state index in [1.54, 1.807) is 10.6 Å². The molecule has 1 saturated heterocycles. The molecule has 0 aromatic carbocycles. The van der Waals surface area contributed by atoms with Crippen LogP contribution in [0, 0.1) is 6.92 Å². The molecular formula is C18H22N6O2. The lowest BCUT2D eigenvalue weighted by molar-refractivity contribution is 0.0994. The van der Waals surface area contributed by atoms with Crippen LogP contribution in [0.3, 0.4) is 0 Å². The summed E-state index contributed by atoms with van der Waals surface area (Å²) in [7, 11) is 0. The summed E-state index contributed by atoms with van der Waals surface area (Å²) in [5.41, 5.74) is 1.93. The third-order valence-corrected chi connectivity index (χ3v) is 4.68. The van der Waals surface area contributed by atoms with Crippen molar-refractivity contribution in [1.29, 1.82) is 0 Å². The van der Waals surface area contributed by atoms with E-state index in [1.807, 2.05) is 26.0 Å². The SMILES string of the molecule is CCc1oc(C(=O)Nc2nnc3nc(C)ccn23)cc1CN1CCCC1. The van der Waals surface area contributed by atoms with Crippen LogP contribution < -0.4 is 5.32 Å². The summed E-state index contributed by atoms with van der Waals surface area (Å²) in [6.07, 6.45) is 5.01. The average molecular weight is 354 g/mol. The van der Waals surface area contributed by atoms with Crippen molar-refractivity contribution in [1.82, 2.24) is 24.5 Å². The fourth-order valence-corrected chi connectivity index (χ4v) is 3.32. The molecule has 0 aliphatic carbocycles. The second kappa shape index (κ2) is 6.87. The van der Waals surface area contributed by atoms with Crippen molar-refractivity contribution in [2.24, 2.45) is 0 Å². The number of furan rings is 1. The maximum Gasteiger partial charge on any atom is 0.293 e. The predicted octanol–water partition coefficient (Wildman–Crippen LogP) is 2.44. The zero-order valence-corrected chi connectivity index (χ0v) is 15.0. The van der Waals surface area contributed by atoms with Crippen molar-refractivity contribution in [3.63, 3.8) is 0 Å². The Morgan fingerprint density at radius 3 is 2.88 bits per heavy atom. The molecule has 8 nitrogen and oxygen atoms in total. The number of aryl methyl sites for hydroxylation is 2. The molecule has 136 valence electrons. The van der Waals surface area contributed by atoms with Crippen molar-refractivity contribution in [2.45, 2.75) is 39.7 Å². The summed E-state index contributed by atoms with van der Waals surface area (Å²) in [6.45, 7) is 6.96. The Kier molecular flexibility index (Phi) is 4.42. The van der Waals surface area contributed by atoms with E-state index in [0.29, 0.717) is 17.5 Å². The highest BCUT2D eigenvalue weighted by atomic mass is 16.4. The molecule has 0 radical (unpaired) electrons.